The molecule has 0 saturated carbocycles. The molecule has 0 atom stereocenters. The summed E-state index contributed by atoms with van der Waals surface area (Å²) in [5.41, 5.74) is 6.10. The summed E-state index contributed by atoms with van der Waals surface area (Å²) in [4.78, 5) is 10.3. The number of primary amides is 1. The average Bonchev–Trinajstić information content (AvgIpc) is 1.97. The molecule has 0 aliphatic carbocycles. The van der Waals surface area contributed by atoms with E-state index in [-0.39, 0.29) is 5.91 Å². The molecule has 0 spiro atoms. The molecular formula is C9H15NO. The molecule has 11 heavy (non-hydrogen) atoms. The second-order valence-corrected chi connectivity index (χ2v) is 2.28. The summed E-state index contributed by atoms with van der Waals surface area (Å²) in [6.45, 7) is 4.11. The third kappa shape index (κ3) is 5.40. The first-order chi connectivity index (χ1) is 5.20. The number of carbonyl (C=O) groups excluding carboxylic acids is 1. The van der Waals surface area contributed by atoms with Crippen LogP contribution in [0.5, 0.6) is 0 Å². The second-order valence-electron chi connectivity index (χ2n) is 2.28. The molecule has 0 bridgehead atoms. The molecule has 0 heterocycles. The van der Waals surface area contributed by atoms with Crippen LogP contribution < -0.4 is 5.73 Å². The molecule has 0 aromatic rings. The van der Waals surface area contributed by atoms with Gasteiger partial charge in [-0.3, -0.25) is 4.79 Å². The minimum atomic E-state index is -0.388. The standard InChI is InChI=1S/C9H15NO/c1-3-5-8(4-2)6-7-9(10)11/h5-7H,3-4H2,1-2H3,(H2,10,11)/b7-6+,8-5+. The van der Waals surface area contributed by atoms with Crippen LogP contribution in [0, 0.1) is 0 Å². The van der Waals surface area contributed by atoms with Gasteiger partial charge in [0.25, 0.3) is 0 Å². The highest BCUT2D eigenvalue weighted by atomic mass is 16.1. The molecule has 2 heteroatoms. The van der Waals surface area contributed by atoms with Gasteiger partial charge in [0.1, 0.15) is 0 Å². The van der Waals surface area contributed by atoms with Crippen LogP contribution in [0.4, 0.5) is 0 Å². The zero-order chi connectivity index (χ0) is 8.69. The predicted octanol–water partition coefficient (Wildman–Crippen LogP) is 1.77. The summed E-state index contributed by atoms with van der Waals surface area (Å²) < 4.78 is 0. The fraction of sp³-hybridized carbons (Fsp3) is 0.444. The van der Waals surface area contributed by atoms with Crippen molar-refractivity contribution in [1.29, 1.82) is 0 Å². The van der Waals surface area contributed by atoms with Crippen molar-refractivity contribution in [3.05, 3.63) is 23.8 Å². The molecule has 0 unspecified atom stereocenters. The quantitative estimate of drug-likeness (QED) is 0.485. The van der Waals surface area contributed by atoms with Crippen LogP contribution in [-0.2, 0) is 4.79 Å². The fourth-order valence-electron chi connectivity index (χ4n) is 0.782. The Morgan fingerprint density at radius 2 is 2.00 bits per heavy atom. The zero-order valence-corrected chi connectivity index (χ0v) is 7.13. The van der Waals surface area contributed by atoms with Crippen molar-refractivity contribution in [2.75, 3.05) is 0 Å². The lowest BCUT2D eigenvalue weighted by Crippen LogP contribution is -2.05. The van der Waals surface area contributed by atoms with E-state index in [4.69, 9.17) is 5.73 Å². The molecule has 1 amide bonds. The van der Waals surface area contributed by atoms with Gasteiger partial charge < -0.3 is 5.73 Å². The highest BCUT2D eigenvalue weighted by Gasteiger charge is 1.87. The van der Waals surface area contributed by atoms with Gasteiger partial charge in [-0.2, -0.15) is 0 Å². The Balaban J connectivity index is 4.08. The first-order valence-electron chi connectivity index (χ1n) is 3.87. The molecule has 0 aliphatic heterocycles. The van der Waals surface area contributed by atoms with E-state index in [1.54, 1.807) is 6.08 Å². The Hall–Kier alpha value is -1.05. The summed E-state index contributed by atoms with van der Waals surface area (Å²) in [6, 6.07) is 0. The van der Waals surface area contributed by atoms with Crippen LogP contribution in [0.3, 0.4) is 0 Å². The van der Waals surface area contributed by atoms with Gasteiger partial charge in [-0.1, -0.05) is 31.6 Å². The lowest BCUT2D eigenvalue weighted by atomic mass is 10.1. The van der Waals surface area contributed by atoms with Gasteiger partial charge in [0.15, 0.2) is 0 Å². The van der Waals surface area contributed by atoms with Gasteiger partial charge in [-0.25, -0.2) is 0 Å². The SMILES string of the molecule is CC/C=C(/C=C/C(N)=O)CC. The van der Waals surface area contributed by atoms with Gasteiger partial charge in [-0.15, -0.1) is 0 Å². The van der Waals surface area contributed by atoms with E-state index in [1.165, 1.54) is 6.08 Å². The second kappa shape index (κ2) is 5.71. The van der Waals surface area contributed by atoms with Crippen molar-refractivity contribution in [1.82, 2.24) is 0 Å². The molecule has 2 nitrogen and oxygen atoms in total. The minimum Gasteiger partial charge on any atom is -0.366 e. The molecule has 2 N–H and O–H groups in total. The first-order valence-corrected chi connectivity index (χ1v) is 3.87. The number of allylic oxidation sites excluding steroid dienone is 3. The maximum atomic E-state index is 10.3. The average molecular weight is 153 g/mol. The van der Waals surface area contributed by atoms with E-state index < -0.39 is 0 Å². The molecule has 0 aliphatic rings. The van der Waals surface area contributed by atoms with Gasteiger partial charge in [-0.05, 0) is 12.8 Å². The third-order valence-corrected chi connectivity index (χ3v) is 1.34. The largest absolute Gasteiger partial charge is 0.366 e. The highest BCUT2D eigenvalue weighted by Crippen LogP contribution is 2.03. The Kier molecular flexibility index (Phi) is 5.17. The van der Waals surface area contributed by atoms with E-state index in [1.807, 2.05) is 6.92 Å². The van der Waals surface area contributed by atoms with Crippen LogP contribution in [0.2, 0.25) is 0 Å². The van der Waals surface area contributed by atoms with Crippen molar-refractivity contribution in [3.8, 4) is 0 Å². The topological polar surface area (TPSA) is 43.1 Å². The maximum Gasteiger partial charge on any atom is 0.241 e. The fourth-order valence-corrected chi connectivity index (χ4v) is 0.782. The van der Waals surface area contributed by atoms with E-state index in [2.05, 4.69) is 13.0 Å². The molecule has 0 rings (SSSR count). The van der Waals surface area contributed by atoms with Gasteiger partial charge in [0, 0.05) is 6.08 Å². The molecule has 0 aromatic carbocycles. The van der Waals surface area contributed by atoms with Crippen molar-refractivity contribution >= 4 is 5.91 Å². The number of rotatable bonds is 4. The van der Waals surface area contributed by atoms with E-state index in [0.29, 0.717) is 0 Å². The number of hydrogen-bond acceptors (Lipinski definition) is 1. The molecular weight excluding hydrogens is 138 g/mol. The van der Waals surface area contributed by atoms with E-state index >= 15 is 0 Å². The van der Waals surface area contributed by atoms with Gasteiger partial charge in [0.2, 0.25) is 5.91 Å². The van der Waals surface area contributed by atoms with Crippen molar-refractivity contribution in [2.24, 2.45) is 5.73 Å². The van der Waals surface area contributed by atoms with Crippen LogP contribution >= 0.6 is 0 Å². The Labute approximate surface area is 67.8 Å². The first kappa shape index (κ1) is 9.95. The highest BCUT2D eigenvalue weighted by molar-refractivity contribution is 5.86. The summed E-state index contributed by atoms with van der Waals surface area (Å²) >= 11 is 0. The normalized spacial score (nSPS) is 12.4. The third-order valence-electron chi connectivity index (χ3n) is 1.34. The number of carbonyl (C=O) groups is 1. The minimum absolute atomic E-state index is 0.388. The monoisotopic (exact) mass is 153 g/mol. The molecule has 0 saturated heterocycles. The van der Waals surface area contributed by atoms with E-state index in [0.717, 1.165) is 18.4 Å². The van der Waals surface area contributed by atoms with Crippen molar-refractivity contribution in [2.45, 2.75) is 26.7 Å². The lowest BCUT2D eigenvalue weighted by molar-refractivity contribution is -0.113. The summed E-state index contributed by atoms with van der Waals surface area (Å²) in [7, 11) is 0. The van der Waals surface area contributed by atoms with Gasteiger partial charge >= 0.3 is 0 Å². The molecule has 0 aromatic heterocycles. The number of nitrogens with two attached hydrogens (primary N) is 1. The van der Waals surface area contributed by atoms with Crippen LogP contribution in [0.25, 0.3) is 0 Å². The summed E-state index contributed by atoms with van der Waals surface area (Å²) in [6.07, 6.45) is 7.18. The summed E-state index contributed by atoms with van der Waals surface area (Å²) in [5, 5.41) is 0. The summed E-state index contributed by atoms with van der Waals surface area (Å²) in [5.74, 6) is -0.388. The Bertz CT molecular complexity index is 180. The van der Waals surface area contributed by atoms with Crippen molar-refractivity contribution in [3.63, 3.8) is 0 Å². The molecule has 62 valence electrons. The predicted molar refractivity (Wildman–Crippen MR) is 47.0 cm³/mol. The maximum absolute atomic E-state index is 10.3. The van der Waals surface area contributed by atoms with Crippen molar-refractivity contribution < 1.29 is 4.79 Å². The molecule has 0 radical (unpaired) electrons. The Morgan fingerprint density at radius 3 is 2.36 bits per heavy atom. The Morgan fingerprint density at radius 1 is 1.36 bits per heavy atom. The lowest BCUT2D eigenvalue weighted by Gasteiger charge is -1.93. The van der Waals surface area contributed by atoms with Crippen LogP contribution in [0.15, 0.2) is 23.8 Å². The van der Waals surface area contributed by atoms with E-state index in [9.17, 15) is 4.79 Å². The zero-order valence-electron chi connectivity index (χ0n) is 7.13. The van der Waals surface area contributed by atoms with Crippen LogP contribution in [-0.4, -0.2) is 5.91 Å². The van der Waals surface area contributed by atoms with Crippen LogP contribution in [0.1, 0.15) is 26.7 Å². The smallest absolute Gasteiger partial charge is 0.241 e. The van der Waals surface area contributed by atoms with Gasteiger partial charge in [0.05, 0.1) is 0 Å². The number of hydrogen-bond donors (Lipinski definition) is 1. The molecule has 0 fully saturated rings. The number of amides is 1.